The van der Waals surface area contributed by atoms with Crippen LogP contribution in [0.25, 0.3) is 0 Å². The highest BCUT2D eigenvalue weighted by molar-refractivity contribution is 5.85. The van der Waals surface area contributed by atoms with E-state index in [2.05, 4.69) is 0 Å². The topological polar surface area (TPSA) is 46.2 Å². The van der Waals surface area contributed by atoms with E-state index < -0.39 is 18.9 Å². The van der Waals surface area contributed by atoms with Crippen molar-refractivity contribution < 1.29 is 13.9 Å². The third kappa shape index (κ3) is 4.01. The summed E-state index contributed by atoms with van der Waals surface area (Å²) in [6, 6.07) is 4.02. The number of rotatable bonds is 3. The number of aromatic hydroxyl groups is 1. The van der Waals surface area contributed by atoms with Gasteiger partial charge in [0, 0.05) is 18.0 Å². The lowest BCUT2D eigenvalue weighted by Gasteiger charge is -2.13. The quantitative estimate of drug-likeness (QED) is 0.849. The van der Waals surface area contributed by atoms with Gasteiger partial charge in [-0.2, -0.15) is 0 Å². The summed E-state index contributed by atoms with van der Waals surface area (Å²) in [6.45, 7) is 1.81. The number of hydrogen-bond acceptors (Lipinski definition) is 2. The number of phenolic OH excluding ortho intramolecular Hbond substituents is 1. The van der Waals surface area contributed by atoms with Gasteiger partial charge in [-0.3, -0.25) is 0 Å². The van der Waals surface area contributed by atoms with Crippen LogP contribution in [0, 0.1) is 6.92 Å². The molecule has 1 rings (SSSR count). The molecule has 0 aliphatic carbocycles. The third-order valence-electron chi connectivity index (χ3n) is 2.02. The molecule has 15 heavy (non-hydrogen) atoms. The maximum Gasteiger partial charge on any atom is 0.240 e. The molecule has 0 fully saturated rings. The molecule has 1 atom stereocenters. The minimum Gasteiger partial charge on any atom is -0.508 e. The van der Waals surface area contributed by atoms with Crippen molar-refractivity contribution >= 4 is 12.4 Å². The number of nitrogens with two attached hydrogens (primary N) is 1. The summed E-state index contributed by atoms with van der Waals surface area (Å²) in [7, 11) is 0. The Labute approximate surface area is 93.5 Å². The summed E-state index contributed by atoms with van der Waals surface area (Å²) in [5, 5.41) is 9.45. The number of alkyl halides is 2. The Morgan fingerprint density at radius 3 is 2.47 bits per heavy atom. The molecule has 0 spiro atoms. The molecule has 0 heterocycles. The van der Waals surface area contributed by atoms with Crippen LogP contribution in [-0.4, -0.2) is 11.5 Å². The summed E-state index contributed by atoms with van der Waals surface area (Å²) in [5.41, 5.74) is 6.75. The summed E-state index contributed by atoms with van der Waals surface area (Å²) in [5.74, 6) is -0.0156. The Balaban J connectivity index is 0.00000196. The summed E-state index contributed by atoms with van der Waals surface area (Å²) in [6.07, 6.45) is -2.89. The van der Waals surface area contributed by atoms with Gasteiger partial charge in [0.25, 0.3) is 0 Å². The number of halogens is 3. The van der Waals surface area contributed by atoms with Crippen molar-refractivity contribution in [2.75, 3.05) is 0 Å². The Hall–Kier alpha value is -0.870. The minimum absolute atomic E-state index is 0. The number of hydrogen-bond donors (Lipinski definition) is 2. The average Bonchev–Trinajstić information content (AvgIpc) is 2.01. The zero-order valence-electron chi connectivity index (χ0n) is 8.28. The maximum atomic E-state index is 12.0. The van der Waals surface area contributed by atoms with Crippen molar-refractivity contribution in [1.82, 2.24) is 0 Å². The molecule has 5 heteroatoms. The van der Waals surface area contributed by atoms with Gasteiger partial charge in [0.2, 0.25) is 6.43 Å². The van der Waals surface area contributed by atoms with Crippen LogP contribution in [0.3, 0.4) is 0 Å². The molecule has 0 radical (unpaired) electrons. The van der Waals surface area contributed by atoms with Gasteiger partial charge in [-0.1, -0.05) is 12.1 Å². The normalized spacial score (nSPS) is 12.3. The Morgan fingerprint density at radius 1 is 1.40 bits per heavy atom. The van der Waals surface area contributed by atoms with E-state index in [4.69, 9.17) is 5.73 Å². The van der Waals surface area contributed by atoms with Crippen molar-refractivity contribution in [3.63, 3.8) is 0 Å². The van der Waals surface area contributed by atoms with E-state index in [0.717, 1.165) is 5.56 Å². The fourth-order valence-electron chi connectivity index (χ4n) is 1.29. The predicted octanol–water partition coefficient (Wildman–Crippen LogP) is 2.78. The van der Waals surface area contributed by atoms with Crippen LogP contribution in [0.15, 0.2) is 18.2 Å². The lowest BCUT2D eigenvalue weighted by Crippen LogP contribution is -2.14. The first kappa shape index (κ1) is 14.1. The second kappa shape index (κ2) is 5.88. The van der Waals surface area contributed by atoms with Gasteiger partial charge in [0.1, 0.15) is 5.75 Å². The van der Waals surface area contributed by atoms with Crippen LogP contribution in [-0.2, 0) is 0 Å². The van der Waals surface area contributed by atoms with Gasteiger partial charge >= 0.3 is 0 Å². The van der Waals surface area contributed by atoms with Gasteiger partial charge in [-0.05, 0) is 18.6 Å². The first-order valence-corrected chi connectivity index (χ1v) is 4.34. The van der Waals surface area contributed by atoms with E-state index in [1.807, 2.05) is 6.92 Å². The molecule has 2 nitrogen and oxygen atoms in total. The van der Waals surface area contributed by atoms with Crippen LogP contribution in [0.1, 0.15) is 23.6 Å². The van der Waals surface area contributed by atoms with Crippen LogP contribution >= 0.6 is 12.4 Å². The zero-order valence-corrected chi connectivity index (χ0v) is 9.10. The second-order valence-corrected chi connectivity index (χ2v) is 3.30. The molecule has 0 aromatic heterocycles. The Bertz CT molecular complexity index is 320. The molecule has 0 unspecified atom stereocenters. The highest BCUT2D eigenvalue weighted by atomic mass is 35.5. The fraction of sp³-hybridized carbons (Fsp3) is 0.400. The van der Waals surface area contributed by atoms with E-state index in [1.54, 1.807) is 12.1 Å². The number of phenols is 1. The maximum absolute atomic E-state index is 12.0. The first-order valence-electron chi connectivity index (χ1n) is 4.34. The fourth-order valence-corrected chi connectivity index (χ4v) is 1.29. The number of aryl methyl sites for hydroxylation is 1. The standard InChI is InChI=1S/C10H13F2NO.ClH/c1-6-2-3-7(9(14)4-6)8(13)5-10(11)12;/h2-4,8,10,14H,5,13H2,1H3;1H/t8-;/m0./s1. The van der Waals surface area contributed by atoms with Crippen LogP contribution in [0.5, 0.6) is 5.75 Å². The minimum atomic E-state index is -2.45. The first-order chi connectivity index (χ1) is 6.50. The van der Waals surface area contributed by atoms with E-state index in [-0.39, 0.29) is 18.2 Å². The molecule has 0 amide bonds. The molecular weight excluding hydrogens is 224 g/mol. The molecule has 0 bridgehead atoms. The summed E-state index contributed by atoms with van der Waals surface area (Å²) in [4.78, 5) is 0. The summed E-state index contributed by atoms with van der Waals surface area (Å²) < 4.78 is 24.0. The van der Waals surface area contributed by atoms with Crippen LogP contribution in [0.4, 0.5) is 8.78 Å². The molecule has 3 N–H and O–H groups in total. The Kier molecular flexibility index (Phi) is 5.54. The van der Waals surface area contributed by atoms with Crippen molar-refractivity contribution in [1.29, 1.82) is 0 Å². The zero-order chi connectivity index (χ0) is 10.7. The van der Waals surface area contributed by atoms with E-state index >= 15 is 0 Å². The van der Waals surface area contributed by atoms with Crippen LogP contribution < -0.4 is 5.73 Å². The molecule has 0 aliphatic rings. The Morgan fingerprint density at radius 2 is 2.00 bits per heavy atom. The number of benzene rings is 1. The largest absolute Gasteiger partial charge is 0.508 e. The van der Waals surface area contributed by atoms with Gasteiger partial charge in [0.05, 0.1) is 0 Å². The monoisotopic (exact) mass is 237 g/mol. The molecule has 0 aliphatic heterocycles. The smallest absolute Gasteiger partial charge is 0.240 e. The molecule has 0 saturated heterocycles. The van der Waals surface area contributed by atoms with E-state index in [0.29, 0.717) is 5.56 Å². The lowest BCUT2D eigenvalue weighted by molar-refractivity contribution is 0.128. The molecule has 0 saturated carbocycles. The van der Waals surface area contributed by atoms with Gasteiger partial charge < -0.3 is 10.8 Å². The second-order valence-electron chi connectivity index (χ2n) is 3.30. The molecule has 1 aromatic rings. The molecule has 86 valence electrons. The van der Waals surface area contributed by atoms with Crippen molar-refractivity contribution in [3.05, 3.63) is 29.3 Å². The molecular formula is C10H14ClF2NO. The van der Waals surface area contributed by atoms with E-state index in [9.17, 15) is 13.9 Å². The van der Waals surface area contributed by atoms with Crippen molar-refractivity contribution in [2.24, 2.45) is 5.73 Å². The summed E-state index contributed by atoms with van der Waals surface area (Å²) >= 11 is 0. The molecule has 1 aromatic carbocycles. The van der Waals surface area contributed by atoms with Gasteiger partial charge in [-0.15, -0.1) is 12.4 Å². The highest BCUT2D eigenvalue weighted by Gasteiger charge is 2.15. The highest BCUT2D eigenvalue weighted by Crippen LogP contribution is 2.27. The van der Waals surface area contributed by atoms with Gasteiger partial charge in [-0.25, -0.2) is 8.78 Å². The van der Waals surface area contributed by atoms with Crippen molar-refractivity contribution in [2.45, 2.75) is 25.8 Å². The third-order valence-corrected chi connectivity index (χ3v) is 2.02. The van der Waals surface area contributed by atoms with Gasteiger partial charge in [0.15, 0.2) is 0 Å². The lowest BCUT2D eigenvalue weighted by atomic mass is 10.0. The average molecular weight is 238 g/mol. The van der Waals surface area contributed by atoms with E-state index in [1.165, 1.54) is 6.07 Å². The SMILES string of the molecule is Cc1ccc([C@@H](N)CC(F)F)c(O)c1.Cl. The van der Waals surface area contributed by atoms with Crippen LogP contribution in [0.2, 0.25) is 0 Å². The van der Waals surface area contributed by atoms with Crippen molar-refractivity contribution in [3.8, 4) is 5.75 Å². The predicted molar refractivity (Wildman–Crippen MR) is 57.6 cm³/mol.